The predicted molar refractivity (Wildman–Crippen MR) is 46.9 cm³/mol. The van der Waals surface area contributed by atoms with Gasteiger partial charge in [0.2, 0.25) is 0 Å². The van der Waals surface area contributed by atoms with Crippen LogP contribution < -0.4 is 0 Å². The van der Waals surface area contributed by atoms with Crippen LogP contribution in [0, 0.1) is 0 Å². The van der Waals surface area contributed by atoms with E-state index in [2.05, 4.69) is 9.26 Å². The van der Waals surface area contributed by atoms with Gasteiger partial charge in [-0.05, 0) is 0 Å². The molecule has 0 radical (unpaired) electrons. The van der Waals surface area contributed by atoms with Gasteiger partial charge in [0.15, 0.2) is 6.29 Å². The molecule has 1 fully saturated rings. The highest BCUT2D eigenvalue weighted by Crippen LogP contribution is 2.40. The molecule has 16 heavy (non-hydrogen) atoms. The molecule has 0 amide bonds. The quantitative estimate of drug-likeness (QED) is 0.230. The van der Waals surface area contributed by atoms with E-state index in [4.69, 9.17) is 14.9 Å². The third-order valence-electron chi connectivity index (χ3n) is 2.09. The van der Waals surface area contributed by atoms with Crippen molar-refractivity contribution in [2.75, 3.05) is 6.61 Å². The highest BCUT2D eigenvalue weighted by molar-refractivity contribution is 7.46. The van der Waals surface area contributed by atoms with E-state index in [1.165, 1.54) is 0 Å². The minimum atomic E-state index is -4.91. The largest absolute Gasteiger partial charge is 0.472 e. The van der Waals surface area contributed by atoms with Crippen LogP contribution in [0.15, 0.2) is 0 Å². The lowest BCUT2D eigenvalue weighted by molar-refractivity contribution is -0.280. The second-order valence-electron chi connectivity index (χ2n) is 3.29. The predicted octanol–water partition coefficient (Wildman–Crippen LogP) is -3.10. The summed E-state index contributed by atoms with van der Waals surface area (Å²) in [5, 5.41) is 36.6. The van der Waals surface area contributed by atoms with Gasteiger partial charge in [0.1, 0.15) is 24.4 Å². The lowest BCUT2D eigenvalue weighted by Gasteiger charge is -2.39. The Hall–Kier alpha value is -0.0900. The summed E-state index contributed by atoms with van der Waals surface area (Å²) in [4.78, 5) is 17.0. The Labute approximate surface area is 90.1 Å². The molecule has 0 saturated carbocycles. The zero-order valence-electron chi connectivity index (χ0n) is 7.95. The van der Waals surface area contributed by atoms with E-state index in [9.17, 15) is 19.9 Å². The minimum Gasteiger partial charge on any atom is -0.394 e. The van der Waals surface area contributed by atoms with Crippen LogP contribution in [-0.4, -0.2) is 67.5 Å². The number of aliphatic hydroxyl groups excluding tert-OH is 4. The lowest BCUT2D eigenvalue weighted by Crippen LogP contribution is -2.58. The molecule has 1 saturated heterocycles. The number of hydrogen-bond acceptors (Lipinski definition) is 7. The van der Waals surface area contributed by atoms with Crippen LogP contribution in [0.5, 0.6) is 0 Å². The molecule has 0 aromatic rings. The van der Waals surface area contributed by atoms with Gasteiger partial charge in [0, 0.05) is 0 Å². The summed E-state index contributed by atoms with van der Waals surface area (Å²) in [7, 11) is -4.91. The molecule has 0 aromatic carbocycles. The van der Waals surface area contributed by atoms with E-state index in [1.54, 1.807) is 0 Å². The molecule has 1 aliphatic rings. The Morgan fingerprint density at radius 3 is 2.12 bits per heavy atom. The second kappa shape index (κ2) is 5.05. The summed E-state index contributed by atoms with van der Waals surface area (Å²) in [5.41, 5.74) is 0. The number of phosphoric acid groups is 1. The van der Waals surface area contributed by atoms with Crippen LogP contribution in [0.4, 0.5) is 0 Å². The van der Waals surface area contributed by atoms with Crippen molar-refractivity contribution in [3.8, 4) is 0 Å². The van der Waals surface area contributed by atoms with Crippen molar-refractivity contribution >= 4 is 7.82 Å². The molecule has 1 aliphatic heterocycles. The van der Waals surface area contributed by atoms with Crippen LogP contribution in [-0.2, 0) is 13.8 Å². The van der Waals surface area contributed by atoms with Gasteiger partial charge in [0.25, 0.3) is 0 Å². The normalized spacial score (nSPS) is 41.0. The van der Waals surface area contributed by atoms with Gasteiger partial charge in [-0.2, -0.15) is 0 Å². The summed E-state index contributed by atoms with van der Waals surface area (Å²) in [6.07, 6.45) is -8.25. The van der Waals surface area contributed by atoms with Gasteiger partial charge < -0.3 is 34.9 Å². The van der Waals surface area contributed by atoms with E-state index in [0.29, 0.717) is 0 Å². The van der Waals surface area contributed by atoms with Gasteiger partial charge in [0.05, 0.1) is 6.61 Å². The Bertz CT molecular complexity index is 275. The van der Waals surface area contributed by atoms with Crippen LogP contribution in [0.2, 0.25) is 0 Å². The first-order valence-corrected chi connectivity index (χ1v) is 5.83. The molecule has 0 bridgehead atoms. The maximum Gasteiger partial charge on any atom is 0.472 e. The summed E-state index contributed by atoms with van der Waals surface area (Å²) >= 11 is 0. The van der Waals surface area contributed by atoms with Gasteiger partial charge >= 0.3 is 7.82 Å². The van der Waals surface area contributed by atoms with E-state index >= 15 is 0 Å². The molecule has 5 atom stereocenters. The van der Waals surface area contributed by atoms with Crippen LogP contribution in [0.3, 0.4) is 0 Å². The first-order chi connectivity index (χ1) is 7.26. The number of rotatable bonds is 3. The van der Waals surface area contributed by atoms with Crippen molar-refractivity contribution in [2.24, 2.45) is 0 Å². The molecule has 96 valence electrons. The van der Waals surface area contributed by atoms with Gasteiger partial charge in [-0.15, -0.1) is 0 Å². The summed E-state index contributed by atoms with van der Waals surface area (Å²) < 4.78 is 19.2. The number of ether oxygens (including phenoxy) is 1. The number of aliphatic hydroxyl groups is 4. The third kappa shape index (κ3) is 3.20. The average Bonchev–Trinajstić information content (AvgIpc) is 2.17. The molecule has 1 rings (SSSR count). The zero-order chi connectivity index (χ0) is 12.5. The maximum atomic E-state index is 10.5. The number of hydrogen-bond donors (Lipinski definition) is 6. The first-order valence-electron chi connectivity index (χ1n) is 4.30. The van der Waals surface area contributed by atoms with E-state index in [1.807, 2.05) is 0 Å². The fraction of sp³-hybridized carbons (Fsp3) is 1.00. The molecule has 0 aromatic heterocycles. The standard InChI is InChI=1S/C6H13O9P/c7-1-2-3(8)4(9)5(10)6(14-2)15-16(11,12)13/h2-10H,1H2,(H2,11,12,13)/t2-,3+,4+,5-,6-/m1/s1/i1+1,2+1,3+1,4+1,5+1,6+1. The van der Waals surface area contributed by atoms with Crippen molar-refractivity contribution in [3.63, 3.8) is 0 Å². The first kappa shape index (κ1) is 14.0. The Kier molecular flexibility index (Phi) is 4.41. The summed E-state index contributed by atoms with van der Waals surface area (Å²) in [6, 6.07) is 0. The molecular formula is C6H13O9P. The number of phosphoric ester groups is 1. The highest BCUT2D eigenvalue weighted by Gasteiger charge is 2.46. The van der Waals surface area contributed by atoms with Crippen molar-refractivity contribution < 1.29 is 44.0 Å². The topological polar surface area (TPSA) is 157 Å². The molecule has 0 unspecified atom stereocenters. The van der Waals surface area contributed by atoms with Gasteiger partial charge in [-0.1, -0.05) is 0 Å². The average molecular weight is 266 g/mol. The summed E-state index contributed by atoms with van der Waals surface area (Å²) in [5.74, 6) is 0. The molecule has 10 heteroatoms. The monoisotopic (exact) mass is 266 g/mol. The Balaban J connectivity index is 2.75. The fourth-order valence-electron chi connectivity index (χ4n) is 1.29. The van der Waals surface area contributed by atoms with Crippen molar-refractivity contribution in [2.45, 2.75) is 30.7 Å². The van der Waals surface area contributed by atoms with Crippen LogP contribution >= 0.6 is 7.82 Å². The molecule has 0 spiro atoms. The van der Waals surface area contributed by atoms with E-state index in [0.717, 1.165) is 0 Å². The van der Waals surface area contributed by atoms with E-state index in [-0.39, 0.29) is 0 Å². The molecular weight excluding hydrogens is 253 g/mol. The second-order valence-corrected chi connectivity index (χ2v) is 4.49. The Morgan fingerprint density at radius 2 is 1.69 bits per heavy atom. The maximum absolute atomic E-state index is 10.5. The van der Waals surface area contributed by atoms with Crippen LogP contribution in [0.25, 0.3) is 0 Å². The van der Waals surface area contributed by atoms with Crippen molar-refractivity contribution in [3.05, 3.63) is 0 Å². The Morgan fingerprint density at radius 1 is 1.12 bits per heavy atom. The van der Waals surface area contributed by atoms with E-state index < -0.39 is 45.1 Å². The zero-order valence-corrected chi connectivity index (χ0v) is 8.84. The van der Waals surface area contributed by atoms with Gasteiger partial charge in [-0.3, -0.25) is 4.52 Å². The molecule has 6 N–H and O–H groups in total. The summed E-state index contributed by atoms with van der Waals surface area (Å²) in [6.45, 7) is -0.702. The third-order valence-corrected chi connectivity index (χ3v) is 2.57. The molecule has 9 nitrogen and oxygen atoms in total. The molecule has 1 heterocycles. The smallest absolute Gasteiger partial charge is 0.394 e. The van der Waals surface area contributed by atoms with Crippen LogP contribution in [0.1, 0.15) is 0 Å². The van der Waals surface area contributed by atoms with Crippen molar-refractivity contribution in [1.82, 2.24) is 0 Å². The van der Waals surface area contributed by atoms with Gasteiger partial charge in [-0.25, -0.2) is 4.57 Å². The highest BCUT2D eigenvalue weighted by atomic mass is 31.2. The van der Waals surface area contributed by atoms with Crippen molar-refractivity contribution in [1.29, 1.82) is 0 Å². The minimum absolute atomic E-state index is 0.702. The SMILES string of the molecule is O=P(O)(O)O[13C@H]1O[13C@H]([13CH2]O)[13C@H](O)[13C@H](O)[13C@H]1O. The lowest BCUT2D eigenvalue weighted by atomic mass is 10.9. The molecule has 0 aliphatic carbocycles. The fourth-order valence-corrected chi connectivity index (χ4v) is 1.73.